The Bertz CT molecular complexity index is 551. The third-order valence-electron chi connectivity index (χ3n) is 4.20. The molecule has 1 saturated carbocycles. The summed E-state index contributed by atoms with van der Waals surface area (Å²) in [4.78, 5) is 4.67. The van der Waals surface area contributed by atoms with Crippen LogP contribution in [-0.2, 0) is 6.42 Å². The summed E-state index contributed by atoms with van der Waals surface area (Å²) in [7, 11) is 1.67. The molecule has 25 heavy (non-hydrogen) atoms. The summed E-state index contributed by atoms with van der Waals surface area (Å²) in [5, 5.41) is 6.80. The van der Waals surface area contributed by atoms with Crippen LogP contribution in [0.15, 0.2) is 23.2 Å². The number of ether oxygens (including phenoxy) is 2. The highest BCUT2D eigenvalue weighted by molar-refractivity contribution is 14.0. The van der Waals surface area contributed by atoms with Gasteiger partial charge in [-0.2, -0.15) is 0 Å². The van der Waals surface area contributed by atoms with E-state index in [1.54, 1.807) is 7.11 Å². The summed E-state index contributed by atoms with van der Waals surface area (Å²) in [6.07, 6.45) is 3.23. The Morgan fingerprint density at radius 3 is 2.64 bits per heavy atom. The van der Waals surface area contributed by atoms with E-state index in [0.717, 1.165) is 49.3 Å². The predicted octanol–water partition coefficient (Wildman–Crippen LogP) is 3.61. The van der Waals surface area contributed by atoms with Gasteiger partial charge in [0.25, 0.3) is 0 Å². The Morgan fingerprint density at radius 2 is 2.04 bits per heavy atom. The van der Waals surface area contributed by atoms with Gasteiger partial charge in [-0.15, -0.1) is 24.0 Å². The van der Waals surface area contributed by atoms with Gasteiger partial charge < -0.3 is 20.1 Å². The third kappa shape index (κ3) is 7.30. The summed E-state index contributed by atoms with van der Waals surface area (Å²) in [5.74, 6) is 3.32. The van der Waals surface area contributed by atoms with Crippen molar-refractivity contribution in [2.24, 2.45) is 10.9 Å². The standard InChI is InChI=1S/C19H31N3O2.HI/c1-5-20-19(22-16-12-14(16)3)21-11-7-8-15-9-10-17(23-4)18(13-15)24-6-2;/h9-10,13-14,16H,5-8,11-12H2,1-4H3,(H2,20,21,22);1H. The van der Waals surface area contributed by atoms with E-state index < -0.39 is 0 Å². The summed E-state index contributed by atoms with van der Waals surface area (Å²) in [6.45, 7) is 8.69. The molecule has 0 amide bonds. The molecule has 2 rings (SSSR count). The minimum Gasteiger partial charge on any atom is -0.493 e. The average Bonchev–Trinajstić information content (AvgIpc) is 3.27. The number of nitrogens with one attached hydrogen (secondary N) is 2. The lowest BCUT2D eigenvalue weighted by atomic mass is 10.1. The highest BCUT2D eigenvalue weighted by Gasteiger charge is 2.33. The maximum absolute atomic E-state index is 5.63. The van der Waals surface area contributed by atoms with Gasteiger partial charge in [-0.25, -0.2) is 0 Å². The Labute approximate surface area is 169 Å². The molecular weight excluding hydrogens is 429 g/mol. The molecule has 2 atom stereocenters. The molecule has 0 saturated heterocycles. The van der Waals surface area contributed by atoms with Crippen molar-refractivity contribution in [1.82, 2.24) is 10.6 Å². The van der Waals surface area contributed by atoms with Gasteiger partial charge in [-0.3, -0.25) is 4.99 Å². The van der Waals surface area contributed by atoms with E-state index in [1.807, 2.05) is 13.0 Å². The van der Waals surface area contributed by atoms with Crippen LogP contribution in [-0.4, -0.2) is 38.8 Å². The highest BCUT2D eigenvalue weighted by atomic mass is 127. The van der Waals surface area contributed by atoms with Crippen LogP contribution in [0.25, 0.3) is 0 Å². The molecule has 1 fully saturated rings. The predicted molar refractivity (Wildman–Crippen MR) is 115 cm³/mol. The van der Waals surface area contributed by atoms with Crippen molar-refractivity contribution in [1.29, 1.82) is 0 Å². The minimum absolute atomic E-state index is 0. The zero-order valence-corrected chi connectivity index (χ0v) is 18.1. The van der Waals surface area contributed by atoms with E-state index in [-0.39, 0.29) is 24.0 Å². The van der Waals surface area contributed by atoms with Crippen LogP contribution in [0.2, 0.25) is 0 Å². The fraction of sp³-hybridized carbons (Fsp3) is 0.632. The fourth-order valence-corrected chi connectivity index (χ4v) is 2.64. The summed E-state index contributed by atoms with van der Waals surface area (Å²) in [5.41, 5.74) is 1.25. The SMILES string of the molecule is CCNC(=NCCCc1ccc(OC)c(OCC)c1)NC1CC1C.I. The molecule has 0 bridgehead atoms. The maximum atomic E-state index is 5.63. The highest BCUT2D eigenvalue weighted by Crippen LogP contribution is 2.29. The molecule has 2 N–H and O–H groups in total. The number of aryl methyl sites for hydroxylation is 1. The molecule has 142 valence electrons. The lowest BCUT2D eigenvalue weighted by Gasteiger charge is -2.12. The van der Waals surface area contributed by atoms with E-state index in [0.29, 0.717) is 12.6 Å². The average molecular weight is 461 g/mol. The second-order valence-corrected chi connectivity index (χ2v) is 6.25. The third-order valence-corrected chi connectivity index (χ3v) is 4.20. The second-order valence-electron chi connectivity index (χ2n) is 6.25. The topological polar surface area (TPSA) is 54.9 Å². The Hall–Kier alpha value is -1.18. The molecule has 0 aromatic heterocycles. The first-order chi connectivity index (χ1) is 11.7. The smallest absolute Gasteiger partial charge is 0.191 e. The van der Waals surface area contributed by atoms with Crippen molar-refractivity contribution in [2.75, 3.05) is 26.8 Å². The second kappa shape index (κ2) is 11.4. The number of hydrogen-bond donors (Lipinski definition) is 2. The zero-order valence-electron chi connectivity index (χ0n) is 15.8. The van der Waals surface area contributed by atoms with E-state index in [1.165, 1.54) is 12.0 Å². The molecule has 0 heterocycles. The number of guanidine groups is 1. The zero-order chi connectivity index (χ0) is 17.4. The number of aliphatic imine (C=N–C) groups is 1. The lowest BCUT2D eigenvalue weighted by Crippen LogP contribution is -2.39. The van der Waals surface area contributed by atoms with Gasteiger partial charge >= 0.3 is 0 Å². The Morgan fingerprint density at radius 1 is 1.28 bits per heavy atom. The van der Waals surface area contributed by atoms with Gasteiger partial charge in [-0.05, 0) is 56.7 Å². The molecule has 1 aliphatic rings. The first-order valence-electron chi connectivity index (χ1n) is 9.02. The van der Waals surface area contributed by atoms with Crippen LogP contribution in [0.3, 0.4) is 0 Å². The number of nitrogens with zero attached hydrogens (tertiary/aromatic N) is 1. The fourth-order valence-electron chi connectivity index (χ4n) is 2.64. The van der Waals surface area contributed by atoms with Crippen LogP contribution in [0, 0.1) is 5.92 Å². The molecule has 0 aliphatic heterocycles. The molecular formula is C19H32IN3O2. The van der Waals surface area contributed by atoms with Crippen molar-refractivity contribution in [3.63, 3.8) is 0 Å². The largest absolute Gasteiger partial charge is 0.493 e. The Kier molecular flexibility index (Phi) is 10.0. The van der Waals surface area contributed by atoms with Crippen LogP contribution in [0.5, 0.6) is 11.5 Å². The molecule has 0 radical (unpaired) electrons. The quantitative estimate of drug-likeness (QED) is 0.255. The van der Waals surface area contributed by atoms with E-state index in [2.05, 4.69) is 41.6 Å². The maximum Gasteiger partial charge on any atom is 0.191 e. The number of halogens is 1. The van der Waals surface area contributed by atoms with Crippen LogP contribution >= 0.6 is 24.0 Å². The summed E-state index contributed by atoms with van der Waals surface area (Å²) in [6, 6.07) is 6.74. The summed E-state index contributed by atoms with van der Waals surface area (Å²) < 4.78 is 11.0. The first-order valence-corrected chi connectivity index (χ1v) is 9.02. The minimum atomic E-state index is 0. The van der Waals surface area contributed by atoms with Crippen LogP contribution < -0.4 is 20.1 Å². The van der Waals surface area contributed by atoms with Crippen molar-refractivity contribution in [3.8, 4) is 11.5 Å². The number of rotatable bonds is 9. The van der Waals surface area contributed by atoms with Crippen molar-refractivity contribution >= 4 is 29.9 Å². The van der Waals surface area contributed by atoms with Gasteiger partial charge in [0.2, 0.25) is 0 Å². The van der Waals surface area contributed by atoms with E-state index >= 15 is 0 Å². The molecule has 0 spiro atoms. The van der Waals surface area contributed by atoms with Gasteiger partial charge in [0.1, 0.15) is 0 Å². The monoisotopic (exact) mass is 461 g/mol. The van der Waals surface area contributed by atoms with E-state index in [9.17, 15) is 0 Å². The normalized spacial score (nSPS) is 19.0. The van der Waals surface area contributed by atoms with Gasteiger partial charge in [0.05, 0.1) is 13.7 Å². The molecule has 6 heteroatoms. The molecule has 1 aromatic carbocycles. The van der Waals surface area contributed by atoms with Crippen molar-refractivity contribution in [2.45, 2.75) is 46.1 Å². The molecule has 1 aliphatic carbocycles. The Balaban J connectivity index is 0.00000312. The number of benzene rings is 1. The first kappa shape index (κ1) is 21.9. The van der Waals surface area contributed by atoms with Crippen molar-refractivity contribution in [3.05, 3.63) is 23.8 Å². The van der Waals surface area contributed by atoms with E-state index in [4.69, 9.17) is 9.47 Å². The van der Waals surface area contributed by atoms with Gasteiger partial charge in [-0.1, -0.05) is 13.0 Å². The van der Waals surface area contributed by atoms with Crippen LogP contribution in [0.4, 0.5) is 0 Å². The number of hydrogen-bond acceptors (Lipinski definition) is 3. The van der Waals surface area contributed by atoms with Crippen LogP contribution in [0.1, 0.15) is 39.2 Å². The van der Waals surface area contributed by atoms with Crippen molar-refractivity contribution < 1.29 is 9.47 Å². The molecule has 5 nitrogen and oxygen atoms in total. The molecule has 2 unspecified atom stereocenters. The summed E-state index contributed by atoms with van der Waals surface area (Å²) >= 11 is 0. The van der Waals surface area contributed by atoms with Gasteiger partial charge in [0.15, 0.2) is 17.5 Å². The number of methoxy groups -OCH3 is 1. The lowest BCUT2D eigenvalue weighted by molar-refractivity contribution is 0.310. The van der Waals surface area contributed by atoms with Gasteiger partial charge in [0, 0.05) is 19.1 Å². The molecule has 1 aromatic rings.